The highest BCUT2D eigenvalue weighted by molar-refractivity contribution is 5.83. The molecule has 0 radical (unpaired) electrons. The molecule has 0 aliphatic heterocycles. The summed E-state index contributed by atoms with van der Waals surface area (Å²) in [4.78, 5) is 23.0. The van der Waals surface area contributed by atoms with Crippen LogP contribution in [0.25, 0.3) is 0 Å². The fourth-order valence-corrected chi connectivity index (χ4v) is 2.35. The van der Waals surface area contributed by atoms with E-state index in [0.29, 0.717) is 6.42 Å². The third-order valence-electron chi connectivity index (χ3n) is 3.29. The van der Waals surface area contributed by atoms with Crippen LogP contribution >= 0.6 is 0 Å². The molecule has 0 aromatic rings. The maximum Gasteiger partial charge on any atom is 0.326 e. The summed E-state index contributed by atoms with van der Waals surface area (Å²) in [5.74, 6) is -0.915. The van der Waals surface area contributed by atoms with E-state index in [2.05, 4.69) is 26.1 Å². The van der Waals surface area contributed by atoms with Gasteiger partial charge in [-0.2, -0.15) is 0 Å². The average Bonchev–Trinajstić information content (AvgIpc) is 2.21. The number of carbonyl (C=O) groups is 2. The summed E-state index contributed by atoms with van der Waals surface area (Å²) in [6, 6.07) is -0.778. The van der Waals surface area contributed by atoms with Gasteiger partial charge in [-0.1, -0.05) is 48.0 Å². The van der Waals surface area contributed by atoms with Crippen molar-refractivity contribution in [3.05, 3.63) is 0 Å². The van der Waals surface area contributed by atoms with Crippen LogP contribution < -0.4 is 5.32 Å². The summed E-state index contributed by atoms with van der Waals surface area (Å²) in [5.41, 5.74) is 0.183. The van der Waals surface area contributed by atoms with E-state index in [1.807, 2.05) is 20.8 Å². The number of amides is 1. The number of carboxylic acid groups (broad SMARTS) is 1. The van der Waals surface area contributed by atoms with E-state index >= 15 is 0 Å². The molecule has 0 saturated carbocycles. The van der Waals surface area contributed by atoms with Crippen LogP contribution in [0.4, 0.5) is 0 Å². The normalized spacial score (nSPS) is 16.5. The van der Waals surface area contributed by atoms with E-state index in [0.717, 1.165) is 12.8 Å². The van der Waals surface area contributed by atoms with Gasteiger partial charge < -0.3 is 10.4 Å². The summed E-state index contributed by atoms with van der Waals surface area (Å²) in [6.07, 6.45) is 2.06. The van der Waals surface area contributed by atoms with Crippen LogP contribution in [0.3, 0.4) is 0 Å². The zero-order valence-electron chi connectivity index (χ0n) is 13.1. The minimum absolute atomic E-state index is 0.0561. The van der Waals surface area contributed by atoms with Crippen LogP contribution in [0.15, 0.2) is 0 Å². The van der Waals surface area contributed by atoms with E-state index in [1.54, 1.807) is 0 Å². The molecule has 2 N–H and O–H groups in total. The molecule has 0 aromatic heterocycles. The van der Waals surface area contributed by atoms with Gasteiger partial charge >= 0.3 is 5.97 Å². The lowest BCUT2D eigenvalue weighted by Gasteiger charge is -2.24. The molecule has 1 unspecified atom stereocenters. The van der Waals surface area contributed by atoms with Crippen molar-refractivity contribution in [2.75, 3.05) is 0 Å². The number of aliphatic carboxylic acids is 1. The predicted molar refractivity (Wildman–Crippen MR) is 76.9 cm³/mol. The van der Waals surface area contributed by atoms with Crippen molar-refractivity contribution in [3.8, 4) is 0 Å². The Morgan fingerprint density at radius 1 is 1.21 bits per heavy atom. The van der Waals surface area contributed by atoms with E-state index in [9.17, 15) is 9.59 Å². The van der Waals surface area contributed by atoms with Gasteiger partial charge in [0.2, 0.25) is 5.91 Å². The molecule has 112 valence electrons. The van der Waals surface area contributed by atoms with E-state index in [4.69, 9.17) is 5.11 Å². The fraction of sp³-hybridized carbons (Fsp3) is 0.867. The monoisotopic (exact) mass is 271 g/mol. The molecule has 0 spiro atoms. The topological polar surface area (TPSA) is 66.4 Å². The van der Waals surface area contributed by atoms with Gasteiger partial charge in [0.1, 0.15) is 6.04 Å². The number of carboxylic acids is 1. The Labute approximate surface area is 117 Å². The molecule has 4 heteroatoms. The van der Waals surface area contributed by atoms with Crippen molar-refractivity contribution in [1.29, 1.82) is 0 Å². The highest BCUT2D eigenvalue weighted by atomic mass is 16.4. The molecule has 3 atom stereocenters. The molecule has 0 aromatic carbocycles. The van der Waals surface area contributed by atoms with Crippen LogP contribution in [0, 0.1) is 17.3 Å². The second-order valence-corrected chi connectivity index (χ2v) is 6.84. The standard InChI is InChI=1S/C15H29NO3/c1-7-11(3)13(14(18)19)16-12(17)8-10(2)9-15(4,5)6/h10-11,13H,7-9H2,1-6H3,(H,16,17)(H,18,19)/t10?,11-,13-/m0/s1. The molecule has 0 aliphatic rings. The van der Waals surface area contributed by atoms with E-state index < -0.39 is 12.0 Å². The summed E-state index contributed by atoms with van der Waals surface area (Å²) < 4.78 is 0. The summed E-state index contributed by atoms with van der Waals surface area (Å²) in [6.45, 7) is 12.2. The highest BCUT2D eigenvalue weighted by Gasteiger charge is 2.26. The van der Waals surface area contributed by atoms with Gasteiger partial charge in [-0.25, -0.2) is 4.79 Å². The third kappa shape index (κ3) is 7.85. The van der Waals surface area contributed by atoms with Crippen LogP contribution in [0.1, 0.15) is 60.8 Å². The number of hydrogen-bond acceptors (Lipinski definition) is 2. The number of hydrogen-bond donors (Lipinski definition) is 2. The van der Waals surface area contributed by atoms with Gasteiger partial charge in [-0.3, -0.25) is 4.79 Å². The maximum absolute atomic E-state index is 11.9. The Kier molecular flexibility index (Phi) is 7.09. The lowest BCUT2D eigenvalue weighted by atomic mass is 9.84. The van der Waals surface area contributed by atoms with Crippen LogP contribution in [-0.4, -0.2) is 23.0 Å². The minimum Gasteiger partial charge on any atom is -0.480 e. The van der Waals surface area contributed by atoms with Crippen molar-refractivity contribution in [2.24, 2.45) is 17.3 Å². The van der Waals surface area contributed by atoms with Crippen molar-refractivity contribution >= 4 is 11.9 Å². The van der Waals surface area contributed by atoms with Gasteiger partial charge in [0.05, 0.1) is 0 Å². The molecule has 0 saturated heterocycles. The van der Waals surface area contributed by atoms with Crippen LogP contribution in [-0.2, 0) is 9.59 Å². The molecular formula is C15H29NO3. The number of rotatable bonds is 7. The SMILES string of the molecule is CC[C@H](C)[C@H](NC(=O)CC(C)CC(C)(C)C)C(=O)O. The lowest BCUT2D eigenvalue weighted by Crippen LogP contribution is -2.45. The van der Waals surface area contributed by atoms with Gasteiger partial charge in [0.15, 0.2) is 0 Å². The first-order chi connectivity index (χ1) is 8.56. The van der Waals surface area contributed by atoms with Gasteiger partial charge in [-0.05, 0) is 23.7 Å². The van der Waals surface area contributed by atoms with Crippen molar-refractivity contribution < 1.29 is 14.7 Å². The second-order valence-electron chi connectivity index (χ2n) is 6.84. The molecule has 0 fully saturated rings. The van der Waals surface area contributed by atoms with Crippen molar-refractivity contribution in [2.45, 2.75) is 66.8 Å². The summed E-state index contributed by atoms with van der Waals surface area (Å²) >= 11 is 0. The predicted octanol–water partition coefficient (Wildman–Crippen LogP) is 3.06. The first-order valence-corrected chi connectivity index (χ1v) is 7.09. The van der Waals surface area contributed by atoms with Crippen molar-refractivity contribution in [3.63, 3.8) is 0 Å². The quantitative estimate of drug-likeness (QED) is 0.748. The molecule has 0 bridgehead atoms. The Morgan fingerprint density at radius 3 is 2.11 bits per heavy atom. The first kappa shape index (κ1) is 17.9. The Bertz CT molecular complexity index is 307. The van der Waals surface area contributed by atoms with Gasteiger partial charge in [0, 0.05) is 6.42 Å². The molecular weight excluding hydrogens is 242 g/mol. The zero-order valence-corrected chi connectivity index (χ0v) is 13.1. The second kappa shape index (κ2) is 7.51. The Morgan fingerprint density at radius 2 is 1.74 bits per heavy atom. The molecule has 1 amide bonds. The minimum atomic E-state index is -0.953. The Hall–Kier alpha value is -1.06. The van der Waals surface area contributed by atoms with Crippen molar-refractivity contribution in [1.82, 2.24) is 5.32 Å². The fourth-order valence-electron chi connectivity index (χ4n) is 2.35. The molecule has 19 heavy (non-hydrogen) atoms. The molecule has 4 nitrogen and oxygen atoms in total. The lowest BCUT2D eigenvalue weighted by molar-refractivity contribution is -0.143. The van der Waals surface area contributed by atoms with Gasteiger partial charge in [0.25, 0.3) is 0 Å². The number of nitrogens with one attached hydrogen (secondary N) is 1. The maximum atomic E-state index is 11.9. The van der Waals surface area contributed by atoms with E-state index in [-0.39, 0.29) is 23.2 Å². The molecule has 0 heterocycles. The summed E-state index contributed by atoms with van der Waals surface area (Å²) in [5, 5.41) is 11.8. The van der Waals surface area contributed by atoms with Crippen LogP contribution in [0.2, 0.25) is 0 Å². The average molecular weight is 271 g/mol. The molecule has 0 rings (SSSR count). The Balaban J connectivity index is 4.39. The van der Waals surface area contributed by atoms with Crippen LogP contribution in [0.5, 0.6) is 0 Å². The number of carbonyl (C=O) groups excluding carboxylic acids is 1. The first-order valence-electron chi connectivity index (χ1n) is 7.09. The summed E-state index contributed by atoms with van der Waals surface area (Å²) in [7, 11) is 0. The highest BCUT2D eigenvalue weighted by Crippen LogP contribution is 2.25. The molecule has 0 aliphatic carbocycles. The van der Waals surface area contributed by atoms with Gasteiger partial charge in [-0.15, -0.1) is 0 Å². The zero-order chi connectivity index (χ0) is 15.2. The third-order valence-corrected chi connectivity index (χ3v) is 3.29. The largest absolute Gasteiger partial charge is 0.480 e. The smallest absolute Gasteiger partial charge is 0.326 e. The van der Waals surface area contributed by atoms with E-state index in [1.165, 1.54) is 0 Å².